The zero-order valence-electron chi connectivity index (χ0n) is 19.1. The molecule has 0 aliphatic rings. The summed E-state index contributed by atoms with van der Waals surface area (Å²) in [5.41, 5.74) is 1.57. The van der Waals surface area contributed by atoms with Crippen LogP contribution in [-0.2, 0) is 0 Å². The fraction of sp³-hybridized carbons (Fsp3) is 0.952. The smallest absolute Gasteiger partial charge is 0.314 e. The van der Waals surface area contributed by atoms with Crippen molar-refractivity contribution in [3.8, 4) is 0 Å². The van der Waals surface area contributed by atoms with Crippen molar-refractivity contribution in [2.24, 2.45) is 0 Å². The highest BCUT2D eigenvalue weighted by molar-refractivity contribution is 6.81. The van der Waals surface area contributed by atoms with Crippen molar-refractivity contribution in [3.05, 3.63) is 0 Å². The van der Waals surface area contributed by atoms with E-state index in [2.05, 4.69) is 66.0 Å². The van der Waals surface area contributed by atoms with Gasteiger partial charge in [0.2, 0.25) is 0 Å². The van der Waals surface area contributed by atoms with Gasteiger partial charge in [-0.3, -0.25) is 0 Å². The van der Waals surface area contributed by atoms with Gasteiger partial charge in [0, 0.05) is 13.1 Å². The number of carbonyl (C=O) groups excluding carboxylic acids is 1. The Balaban J connectivity index is 4.22. The molecule has 0 spiro atoms. The number of nitrogens with one attached hydrogen (secondary N) is 2. The van der Waals surface area contributed by atoms with Gasteiger partial charge in [0.1, 0.15) is 0 Å². The monoisotopic (exact) mass is 400 g/mol. The maximum absolute atomic E-state index is 12.1. The summed E-state index contributed by atoms with van der Waals surface area (Å²) in [6, 6.07) is 8.21. The molecule has 0 aromatic rings. The summed E-state index contributed by atoms with van der Waals surface area (Å²) in [6.07, 6.45) is 2.26. The lowest BCUT2D eigenvalue weighted by Crippen LogP contribution is -2.41. The Kier molecular flexibility index (Phi) is 12.8. The van der Waals surface area contributed by atoms with Crippen LogP contribution in [0.25, 0.3) is 0 Å². The van der Waals surface area contributed by atoms with Crippen LogP contribution in [0.2, 0.25) is 47.3 Å². The molecule has 2 atom stereocenters. The SMILES string of the molecule is CC[Si](CC)(CC)C(C)CCNC(=O)NCCC(C)[Si](CC)(CC)CC. The highest BCUT2D eigenvalue weighted by Gasteiger charge is 2.33. The lowest BCUT2D eigenvalue weighted by Gasteiger charge is -2.35. The van der Waals surface area contributed by atoms with Crippen molar-refractivity contribution >= 4 is 22.2 Å². The third-order valence-electron chi connectivity index (χ3n) is 8.04. The Bertz CT molecular complexity index is 332. The first-order valence-corrected chi connectivity index (χ1v) is 16.7. The number of hydrogen-bond donors (Lipinski definition) is 2. The highest BCUT2D eigenvalue weighted by Crippen LogP contribution is 2.35. The Morgan fingerprint density at radius 2 is 0.923 bits per heavy atom. The molecule has 5 heteroatoms. The van der Waals surface area contributed by atoms with E-state index in [-0.39, 0.29) is 6.03 Å². The predicted octanol–water partition coefficient (Wildman–Crippen LogP) is 6.86. The van der Waals surface area contributed by atoms with Crippen LogP contribution >= 0.6 is 0 Å². The fourth-order valence-corrected chi connectivity index (χ4v) is 13.8. The van der Waals surface area contributed by atoms with E-state index in [0.717, 1.165) is 37.0 Å². The zero-order chi connectivity index (χ0) is 20.2. The van der Waals surface area contributed by atoms with E-state index in [4.69, 9.17) is 0 Å². The minimum absolute atomic E-state index is 0.0259. The van der Waals surface area contributed by atoms with Gasteiger partial charge in [-0.05, 0) is 23.9 Å². The number of rotatable bonds is 14. The Morgan fingerprint density at radius 3 is 1.15 bits per heavy atom. The van der Waals surface area contributed by atoms with E-state index in [1.807, 2.05) is 0 Å². The van der Waals surface area contributed by atoms with Gasteiger partial charge in [-0.2, -0.15) is 0 Å². The Hall–Kier alpha value is -0.296. The molecule has 0 saturated heterocycles. The molecular formula is C21H48N2OSi2. The van der Waals surface area contributed by atoms with Gasteiger partial charge < -0.3 is 10.6 Å². The molecule has 156 valence electrons. The predicted molar refractivity (Wildman–Crippen MR) is 124 cm³/mol. The average Bonchev–Trinajstić information content (AvgIpc) is 2.65. The zero-order valence-corrected chi connectivity index (χ0v) is 21.1. The number of urea groups is 1. The summed E-state index contributed by atoms with van der Waals surface area (Å²) in [5, 5.41) is 6.19. The second kappa shape index (κ2) is 13.0. The maximum Gasteiger partial charge on any atom is 0.314 e. The van der Waals surface area contributed by atoms with Gasteiger partial charge in [0.05, 0.1) is 16.1 Å². The quantitative estimate of drug-likeness (QED) is 0.307. The molecule has 2 amide bonds. The lowest BCUT2D eigenvalue weighted by molar-refractivity contribution is 0.240. The maximum atomic E-state index is 12.1. The summed E-state index contributed by atoms with van der Waals surface area (Å²) >= 11 is 0. The molecule has 2 unspecified atom stereocenters. The average molecular weight is 401 g/mol. The van der Waals surface area contributed by atoms with E-state index < -0.39 is 16.1 Å². The second-order valence-corrected chi connectivity index (χ2v) is 20.1. The Morgan fingerprint density at radius 1 is 0.654 bits per heavy atom. The molecule has 0 saturated carbocycles. The third kappa shape index (κ3) is 7.03. The molecule has 0 aromatic heterocycles. The van der Waals surface area contributed by atoms with Crippen LogP contribution in [0.3, 0.4) is 0 Å². The molecule has 3 nitrogen and oxygen atoms in total. The van der Waals surface area contributed by atoms with E-state index in [0.29, 0.717) is 0 Å². The van der Waals surface area contributed by atoms with Crippen molar-refractivity contribution in [2.75, 3.05) is 13.1 Å². The fourth-order valence-electron chi connectivity index (χ4n) is 5.07. The first-order chi connectivity index (χ1) is 12.3. The molecule has 0 bridgehead atoms. The summed E-state index contributed by atoms with van der Waals surface area (Å²) in [4.78, 5) is 12.1. The molecule has 0 rings (SSSR count). The van der Waals surface area contributed by atoms with Crippen molar-refractivity contribution in [1.82, 2.24) is 10.6 Å². The first kappa shape index (κ1) is 25.7. The van der Waals surface area contributed by atoms with Gasteiger partial charge >= 0.3 is 6.03 Å². The first-order valence-electron chi connectivity index (χ1n) is 11.3. The van der Waals surface area contributed by atoms with Crippen LogP contribution in [0.1, 0.15) is 68.2 Å². The standard InChI is InChI=1S/C21H48N2OSi2/c1-9-25(10-2,11-3)19(7)15-17-22-21(24)23-18-16-20(8)26(12-4,13-5)14-6/h19-20H,9-18H2,1-8H3,(H2,22,23,24). The molecule has 0 aliphatic carbocycles. The molecule has 0 aromatic carbocycles. The topological polar surface area (TPSA) is 41.1 Å². The van der Waals surface area contributed by atoms with Gasteiger partial charge in [-0.15, -0.1) is 0 Å². The minimum atomic E-state index is -1.13. The van der Waals surface area contributed by atoms with Crippen LogP contribution in [0, 0.1) is 0 Å². The van der Waals surface area contributed by atoms with Crippen LogP contribution in [0.15, 0.2) is 0 Å². The number of carbonyl (C=O) groups is 1. The van der Waals surface area contributed by atoms with Gasteiger partial charge in [0.15, 0.2) is 0 Å². The number of hydrogen-bond acceptors (Lipinski definition) is 1. The lowest BCUT2D eigenvalue weighted by atomic mass is 10.3. The van der Waals surface area contributed by atoms with E-state index in [1.165, 1.54) is 36.3 Å². The van der Waals surface area contributed by atoms with Crippen LogP contribution in [0.5, 0.6) is 0 Å². The molecule has 26 heavy (non-hydrogen) atoms. The van der Waals surface area contributed by atoms with Crippen molar-refractivity contribution in [1.29, 1.82) is 0 Å². The third-order valence-corrected chi connectivity index (χ3v) is 21.2. The molecule has 0 radical (unpaired) electrons. The molecular weight excluding hydrogens is 352 g/mol. The summed E-state index contributed by atoms with van der Waals surface area (Å²) in [6.45, 7) is 20.6. The normalized spacial score (nSPS) is 14.8. The van der Waals surface area contributed by atoms with E-state index in [1.54, 1.807) is 0 Å². The number of amides is 2. The van der Waals surface area contributed by atoms with Crippen molar-refractivity contribution in [3.63, 3.8) is 0 Å². The Labute approximate surface area is 166 Å². The molecule has 2 N–H and O–H groups in total. The summed E-state index contributed by atoms with van der Waals surface area (Å²) < 4.78 is 0. The minimum Gasteiger partial charge on any atom is -0.338 e. The second-order valence-electron chi connectivity index (χ2n) is 8.41. The van der Waals surface area contributed by atoms with Gasteiger partial charge in [-0.1, -0.05) is 91.7 Å². The van der Waals surface area contributed by atoms with Crippen LogP contribution in [-0.4, -0.2) is 35.3 Å². The van der Waals surface area contributed by atoms with Crippen LogP contribution in [0.4, 0.5) is 4.79 Å². The summed E-state index contributed by atoms with van der Waals surface area (Å²) in [7, 11) is -2.27. The molecule has 0 fully saturated rings. The van der Waals surface area contributed by atoms with Crippen LogP contribution < -0.4 is 10.6 Å². The molecule has 0 heterocycles. The van der Waals surface area contributed by atoms with Crippen molar-refractivity contribution < 1.29 is 4.79 Å². The van der Waals surface area contributed by atoms with Gasteiger partial charge in [0.25, 0.3) is 0 Å². The summed E-state index contributed by atoms with van der Waals surface area (Å²) in [5.74, 6) is 0. The van der Waals surface area contributed by atoms with Crippen molar-refractivity contribution in [2.45, 2.75) is 116 Å². The largest absolute Gasteiger partial charge is 0.338 e. The van der Waals surface area contributed by atoms with Gasteiger partial charge in [-0.25, -0.2) is 4.79 Å². The van der Waals surface area contributed by atoms with E-state index >= 15 is 0 Å². The highest BCUT2D eigenvalue weighted by atomic mass is 28.3. The molecule has 0 aliphatic heterocycles. The van der Waals surface area contributed by atoms with E-state index in [9.17, 15) is 4.79 Å².